The summed E-state index contributed by atoms with van der Waals surface area (Å²) in [6.45, 7) is 9.50. The quantitative estimate of drug-likeness (QED) is 0.409. The van der Waals surface area contributed by atoms with E-state index >= 15 is 0 Å². The smallest absolute Gasteiger partial charge is 0.253 e. The van der Waals surface area contributed by atoms with Crippen LogP contribution in [0.5, 0.6) is 0 Å². The zero-order valence-corrected chi connectivity index (χ0v) is 19.6. The lowest BCUT2D eigenvalue weighted by atomic mass is 10.0. The van der Waals surface area contributed by atoms with Gasteiger partial charge in [0.1, 0.15) is 18.5 Å². The molecule has 1 aliphatic heterocycles. The summed E-state index contributed by atoms with van der Waals surface area (Å²) < 4.78 is 5.52. The van der Waals surface area contributed by atoms with Crippen molar-refractivity contribution in [2.75, 3.05) is 6.61 Å². The summed E-state index contributed by atoms with van der Waals surface area (Å²) in [6, 6.07) is -0.210. The predicted octanol–water partition coefficient (Wildman–Crippen LogP) is 3.87. The van der Waals surface area contributed by atoms with Gasteiger partial charge in [0, 0.05) is 42.9 Å². The number of amides is 2. The number of hydrogen-bond donors (Lipinski definition) is 0. The number of ether oxygens (including phenoxy) is 1. The summed E-state index contributed by atoms with van der Waals surface area (Å²) in [6.07, 6.45) is 8.99. The van der Waals surface area contributed by atoms with Gasteiger partial charge < -0.3 is 4.74 Å². The van der Waals surface area contributed by atoms with Gasteiger partial charge in [-0.15, -0.1) is 5.92 Å². The molecule has 6 heteroatoms. The fourth-order valence-electron chi connectivity index (χ4n) is 3.07. The van der Waals surface area contributed by atoms with Crippen LogP contribution in [0.1, 0.15) is 79.6 Å². The first kappa shape index (κ1) is 26.8. The molecule has 172 valence electrons. The summed E-state index contributed by atoms with van der Waals surface area (Å²) in [5.41, 5.74) is 0. The first-order valence-corrected chi connectivity index (χ1v) is 11.3. The van der Waals surface area contributed by atoms with Crippen LogP contribution in [0, 0.1) is 23.7 Å². The maximum absolute atomic E-state index is 11.4. The number of rotatable bonds is 9. The number of carbonyl (C=O) groups excluding carboxylic acids is 4. The molecule has 6 nitrogen and oxygen atoms in total. The van der Waals surface area contributed by atoms with Crippen molar-refractivity contribution in [1.82, 2.24) is 4.90 Å². The average molecular weight is 432 g/mol. The third kappa shape index (κ3) is 10.1. The van der Waals surface area contributed by atoms with Crippen LogP contribution in [0.4, 0.5) is 0 Å². The molecule has 2 aliphatic rings. The first-order valence-electron chi connectivity index (χ1n) is 11.3. The predicted molar refractivity (Wildman–Crippen MR) is 120 cm³/mol. The molecule has 0 saturated heterocycles. The van der Waals surface area contributed by atoms with Crippen LogP contribution in [0.25, 0.3) is 0 Å². The molecule has 0 spiro atoms. The van der Waals surface area contributed by atoms with E-state index in [1.807, 2.05) is 27.7 Å². The maximum atomic E-state index is 11.4. The molecule has 2 atom stereocenters. The molecule has 0 N–H and O–H groups in total. The van der Waals surface area contributed by atoms with Gasteiger partial charge in [-0.05, 0) is 32.6 Å². The van der Waals surface area contributed by atoms with Crippen LogP contribution >= 0.6 is 0 Å². The molecule has 0 aromatic rings. The van der Waals surface area contributed by atoms with Gasteiger partial charge in [0.2, 0.25) is 0 Å². The molecule has 0 radical (unpaired) electrons. The van der Waals surface area contributed by atoms with Gasteiger partial charge in [-0.3, -0.25) is 24.1 Å². The van der Waals surface area contributed by atoms with Crippen molar-refractivity contribution in [1.29, 1.82) is 0 Å². The highest BCUT2D eigenvalue weighted by atomic mass is 16.5. The Morgan fingerprint density at radius 2 is 1.61 bits per heavy atom. The van der Waals surface area contributed by atoms with Crippen LogP contribution in [-0.4, -0.2) is 47.0 Å². The fourth-order valence-corrected chi connectivity index (χ4v) is 3.07. The van der Waals surface area contributed by atoms with E-state index in [1.54, 1.807) is 6.92 Å². The van der Waals surface area contributed by atoms with E-state index in [0.29, 0.717) is 12.8 Å². The third-order valence-electron chi connectivity index (χ3n) is 5.34. The van der Waals surface area contributed by atoms with E-state index in [1.165, 1.54) is 29.9 Å². The van der Waals surface area contributed by atoms with E-state index < -0.39 is 0 Å². The Kier molecular flexibility index (Phi) is 12.0. The second-order valence-electron chi connectivity index (χ2n) is 8.73. The molecule has 2 rings (SSSR count). The van der Waals surface area contributed by atoms with Crippen molar-refractivity contribution in [2.24, 2.45) is 11.8 Å². The number of Topliss-reactive ketones (excluding diaryl/α,β-unsaturated/α-hetero) is 2. The van der Waals surface area contributed by atoms with Crippen LogP contribution in [0.15, 0.2) is 12.2 Å². The highest BCUT2D eigenvalue weighted by Gasteiger charge is 2.28. The normalized spacial score (nSPS) is 19.3. The van der Waals surface area contributed by atoms with Gasteiger partial charge in [0.25, 0.3) is 11.8 Å². The summed E-state index contributed by atoms with van der Waals surface area (Å²) in [7, 11) is 0. The highest BCUT2D eigenvalue weighted by molar-refractivity contribution is 6.13. The molecule has 31 heavy (non-hydrogen) atoms. The summed E-state index contributed by atoms with van der Waals surface area (Å²) >= 11 is 0. The van der Waals surface area contributed by atoms with Crippen molar-refractivity contribution in [3.8, 4) is 11.8 Å². The molecule has 0 fully saturated rings. The zero-order chi connectivity index (χ0) is 23.4. The number of imide groups is 1. The molecule has 2 unspecified atom stereocenters. The lowest BCUT2D eigenvalue weighted by Gasteiger charge is -2.22. The Bertz CT molecular complexity index is 708. The zero-order valence-electron chi connectivity index (χ0n) is 19.6. The summed E-state index contributed by atoms with van der Waals surface area (Å²) in [5.74, 6) is 6.03. The minimum absolute atomic E-state index is 0.00954. The molecular formula is C25H37NO5. The Morgan fingerprint density at radius 3 is 2.19 bits per heavy atom. The topological polar surface area (TPSA) is 80.8 Å². The van der Waals surface area contributed by atoms with Crippen LogP contribution in [0.3, 0.4) is 0 Å². The third-order valence-corrected chi connectivity index (χ3v) is 5.34. The SMILES string of the molecule is CC(C)C(=O)CCC(C)N1C(=O)C=CC1=O.CC(C)C(=O)COC1C#CCCCCC1. The van der Waals surface area contributed by atoms with E-state index in [2.05, 4.69) is 11.8 Å². The van der Waals surface area contributed by atoms with Crippen LogP contribution in [-0.2, 0) is 23.9 Å². The van der Waals surface area contributed by atoms with Crippen molar-refractivity contribution in [3.05, 3.63) is 12.2 Å². The van der Waals surface area contributed by atoms with Gasteiger partial charge in [-0.1, -0.05) is 40.0 Å². The Balaban J connectivity index is 0.000000311. The Hall–Kier alpha value is -2.26. The van der Waals surface area contributed by atoms with E-state index in [-0.39, 0.29) is 54.0 Å². The van der Waals surface area contributed by atoms with Gasteiger partial charge >= 0.3 is 0 Å². The van der Waals surface area contributed by atoms with E-state index in [9.17, 15) is 19.2 Å². The van der Waals surface area contributed by atoms with Crippen molar-refractivity contribution in [2.45, 2.75) is 91.7 Å². The molecular weight excluding hydrogens is 394 g/mol. The lowest BCUT2D eigenvalue weighted by molar-refractivity contribution is -0.139. The number of ketones is 2. The van der Waals surface area contributed by atoms with E-state index in [4.69, 9.17) is 4.74 Å². The van der Waals surface area contributed by atoms with Crippen molar-refractivity contribution < 1.29 is 23.9 Å². The van der Waals surface area contributed by atoms with Crippen LogP contribution < -0.4 is 0 Å². The molecule has 2 amide bonds. The number of nitrogens with zero attached hydrogens (tertiary/aromatic N) is 1. The number of hydrogen-bond acceptors (Lipinski definition) is 5. The van der Waals surface area contributed by atoms with Crippen LogP contribution in [0.2, 0.25) is 0 Å². The van der Waals surface area contributed by atoms with Gasteiger partial charge in [-0.25, -0.2) is 0 Å². The Labute approximate surface area is 186 Å². The van der Waals surface area contributed by atoms with Gasteiger partial charge in [0.15, 0.2) is 5.78 Å². The molecule has 0 saturated carbocycles. The fraction of sp³-hybridized carbons (Fsp3) is 0.680. The molecule has 0 aromatic heterocycles. The highest BCUT2D eigenvalue weighted by Crippen LogP contribution is 2.15. The first-order chi connectivity index (χ1) is 14.6. The second kappa shape index (κ2) is 13.9. The minimum atomic E-state index is -0.283. The molecule has 1 heterocycles. The monoisotopic (exact) mass is 431 g/mol. The largest absolute Gasteiger partial charge is 0.358 e. The molecule has 0 aromatic carbocycles. The molecule has 0 bridgehead atoms. The standard InChI is InChI=1S/C13H20O2.C12H17NO3/c1-11(2)13(14)10-15-12-8-6-4-3-5-7-9-12;1-8(2)10(14)5-4-9(3)13-11(15)6-7-12(13)16/h11-12H,3-6,8,10H2,1-2H3;6-9H,4-5H2,1-3H3. The summed E-state index contributed by atoms with van der Waals surface area (Å²) in [5, 5.41) is 0. The minimum Gasteiger partial charge on any atom is -0.358 e. The van der Waals surface area contributed by atoms with Gasteiger partial charge in [0.05, 0.1) is 0 Å². The van der Waals surface area contributed by atoms with E-state index in [0.717, 1.165) is 19.3 Å². The number of carbonyl (C=O) groups is 4. The maximum Gasteiger partial charge on any atom is 0.253 e. The van der Waals surface area contributed by atoms with Gasteiger partial charge in [-0.2, -0.15) is 0 Å². The summed E-state index contributed by atoms with van der Waals surface area (Å²) in [4.78, 5) is 46.7. The van der Waals surface area contributed by atoms with Crippen molar-refractivity contribution in [3.63, 3.8) is 0 Å². The Morgan fingerprint density at radius 1 is 1.00 bits per heavy atom. The average Bonchev–Trinajstić information content (AvgIpc) is 3.03. The van der Waals surface area contributed by atoms with Crippen molar-refractivity contribution >= 4 is 23.4 Å². The second-order valence-corrected chi connectivity index (χ2v) is 8.73. The molecule has 1 aliphatic carbocycles. The lowest BCUT2D eigenvalue weighted by Crippen LogP contribution is -2.38.